The summed E-state index contributed by atoms with van der Waals surface area (Å²) in [6.07, 6.45) is 8.52. The van der Waals surface area contributed by atoms with Gasteiger partial charge in [0.25, 0.3) is 0 Å². The quantitative estimate of drug-likeness (QED) is 0.381. The highest BCUT2D eigenvalue weighted by Gasteiger charge is 2.82. The van der Waals surface area contributed by atoms with E-state index in [4.69, 9.17) is 0 Å². The molecule has 0 spiro atoms. The lowest BCUT2D eigenvalue weighted by Gasteiger charge is -2.37. The molecular weight excluding hydrogens is 408 g/mol. The van der Waals surface area contributed by atoms with Crippen molar-refractivity contribution >= 4 is 31.9 Å². The third-order valence-corrected chi connectivity index (χ3v) is 7.58. The van der Waals surface area contributed by atoms with Gasteiger partial charge in [-0.2, -0.15) is 0 Å². The first-order valence-electron chi connectivity index (χ1n) is 7.37. The molecule has 1 rings (SSSR count). The Morgan fingerprint density at radius 3 is 1.59 bits per heavy atom. The van der Waals surface area contributed by atoms with Gasteiger partial charge in [-0.15, -0.1) is 26.3 Å². The molecular formula is C18H26Br2O2. The van der Waals surface area contributed by atoms with E-state index >= 15 is 0 Å². The molecule has 0 radical (unpaired) electrons. The summed E-state index contributed by atoms with van der Waals surface area (Å²) < 4.78 is -0.575. The molecule has 22 heavy (non-hydrogen) atoms. The summed E-state index contributed by atoms with van der Waals surface area (Å²) in [6.45, 7) is 17.0. The van der Waals surface area contributed by atoms with Gasteiger partial charge in [-0.25, -0.2) is 0 Å². The molecule has 0 amide bonds. The van der Waals surface area contributed by atoms with Crippen LogP contribution in [-0.4, -0.2) is 24.6 Å². The number of alkyl halides is 2. The Labute approximate surface area is 151 Å². The van der Waals surface area contributed by atoms with Crippen LogP contribution in [-0.2, 0) is 0 Å². The van der Waals surface area contributed by atoms with Gasteiger partial charge in [0.05, 0.1) is 14.4 Å². The van der Waals surface area contributed by atoms with Crippen LogP contribution >= 0.6 is 31.9 Å². The van der Waals surface area contributed by atoms with Crippen molar-refractivity contribution in [1.29, 1.82) is 0 Å². The summed E-state index contributed by atoms with van der Waals surface area (Å²) in [5.74, 6) is -0.214. The standard InChI is InChI=1S/C18H26Br2O2/c1-6-10-16(21,11-7-2)14-15(5,18(14,19)20)17(22,12-8-3)13-9-4/h6-9,14,21-22H,1-4,10-13H2,5H3. The van der Waals surface area contributed by atoms with E-state index < -0.39 is 19.9 Å². The molecule has 1 aliphatic rings. The van der Waals surface area contributed by atoms with Gasteiger partial charge in [0.15, 0.2) is 0 Å². The highest BCUT2D eigenvalue weighted by atomic mass is 79.9. The highest BCUT2D eigenvalue weighted by Crippen LogP contribution is 2.79. The van der Waals surface area contributed by atoms with Gasteiger partial charge in [-0.05, 0) is 25.7 Å². The maximum atomic E-state index is 11.3. The molecule has 0 aliphatic heterocycles. The van der Waals surface area contributed by atoms with Crippen molar-refractivity contribution in [1.82, 2.24) is 0 Å². The Kier molecular flexibility index (Phi) is 6.11. The third-order valence-electron chi connectivity index (χ3n) is 5.01. The molecule has 0 saturated heterocycles. The second-order valence-electron chi connectivity index (χ2n) is 6.36. The van der Waals surface area contributed by atoms with Crippen LogP contribution in [0.15, 0.2) is 50.6 Å². The zero-order chi connectivity index (χ0) is 17.2. The Morgan fingerprint density at radius 1 is 0.909 bits per heavy atom. The van der Waals surface area contributed by atoms with E-state index in [9.17, 15) is 10.2 Å². The summed E-state index contributed by atoms with van der Waals surface area (Å²) in [5.41, 5.74) is -2.67. The summed E-state index contributed by atoms with van der Waals surface area (Å²) in [6, 6.07) is 0. The van der Waals surface area contributed by atoms with Gasteiger partial charge in [-0.1, -0.05) is 63.1 Å². The molecule has 124 valence electrons. The number of hydrogen-bond donors (Lipinski definition) is 2. The predicted octanol–water partition coefficient (Wildman–Crippen LogP) is 4.88. The SMILES string of the molecule is C=CCC(O)(CC=C)C1C(Br)(Br)C1(C)C(O)(CC=C)CC=C. The fourth-order valence-electron chi connectivity index (χ4n) is 3.79. The summed E-state index contributed by atoms with van der Waals surface area (Å²) in [4.78, 5) is 0. The van der Waals surface area contributed by atoms with Crippen LogP contribution in [0.2, 0.25) is 0 Å². The summed E-state index contributed by atoms with van der Waals surface area (Å²) in [5, 5.41) is 22.4. The molecule has 4 heteroatoms. The van der Waals surface area contributed by atoms with Crippen LogP contribution in [0.25, 0.3) is 0 Å². The lowest BCUT2D eigenvalue weighted by atomic mass is 9.74. The largest absolute Gasteiger partial charge is 0.389 e. The molecule has 2 nitrogen and oxygen atoms in total. The molecule has 2 N–H and O–H groups in total. The lowest BCUT2D eigenvalue weighted by Crippen LogP contribution is -2.43. The van der Waals surface area contributed by atoms with Crippen LogP contribution in [0, 0.1) is 11.3 Å². The lowest BCUT2D eigenvalue weighted by molar-refractivity contribution is -0.0619. The smallest absolute Gasteiger partial charge is 0.0953 e. The molecule has 0 aromatic carbocycles. The minimum atomic E-state index is -1.05. The van der Waals surface area contributed by atoms with E-state index in [1.165, 1.54) is 0 Å². The molecule has 0 aromatic rings. The average molecular weight is 434 g/mol. The molecule has 1 saturated carbocycles. The van der Waals surface area contributed by atoms with E-state index in [2.05, 4.69) is 58.2 Å². The Morgan fingerprint density at radius 2 is 1.27 bits per heavy atom. The second kappa shape index (κ2) is 6.76. The van der Waals surface area contributed by atoms with Crippen LogP contribution in [0.5, 0.6) is 0 Å². The number of rotatable bonds is 10. The van der Waals surface area contributed by atoms with Crippen LogP contribution in [0.3, 0.4) is 0 Å². The zero-order valence-corrected chi connectivity index (χ0v) is 16.4. The van der Waals surface area contributed by atoms with E-state index in [-0.39, 0.29) is 5.92 Å². The van der Waals surface area contributed by atoms with Gasteiger partial charge in [-0.3, -0.25) is 0 Å². The van der Waals surface area contributed by atoms with Gasteiger partial charge in [0.1, 0.15) is 0 Å². The third kappa shape index (κ3) is 2.83. The van der Waals surface area contributed by atoms with E-state index in [1.54, 1.807) is 24.3 Å². The Hall–Kier alpha value is -0.160. The van der Waals surface area contributed by atoms with Gasteiger partial charge in [0, 0.05) is 11.3 Å². The Bertz CT molecular complexity index is 450. The van der Waals surface area contributed by atoms with Crippen molar-refractivity contribution < 1.29 is 10.2 Å². The van der Waals surface area contributed by atoms with Crippen molar-refractivity contribution in [3.05, 3.63) is 50.6 Å². The molecule has 2 unspecified atom stereocenters. The fraction of sp³-hybridized carbons (Fsp3) is 0.556. The van der Waals surface area contributed by atoms with Crippen molar-refractivity contribution in [2.75, 3.05) is 0 Å². The van der Waals surface area contributed by atoms with E-state index in [1.807, 2.05) is 6.92 Å². The first kappa shape index (κ1) is 19.9. The van der Waals surface area contributed by atoms with E-state index in [0.717, 1.165) is 0 Å². The molecule has 1 fully saturated rings. The average Bonchev–Trinajstić information content (AvgIpc) is 2.87. The number of aliphatic hydroxyl groups is 2. The first-order chi connectivity index (χ1) is 10.1. The van der Waals surface area contributed by atoms with Gasteiger partial charge in [0.2, 0.25) is 0 Å². The topological polar surface area (TPSA) is 40.5 Å². The molecule has 0 aromatic heterocycles. The fourth-order valence-corrected chi connectivity index (χ4v) is 6.52. The van der Waals surface area contributed by atoms with Crippen molar-refractivity contribution in [3.8, 4) is 0 Å². The maximum Gasteiger partial charge on any atom is 0.0953 e. The normalized spacial score (nSPS) is 27.0. The first-order valence-corrected chi connectivity index (χ1v) is 8.96. The van der Waals surface area contributed by atoms with Crippen molar-refractivity contribution in [3.63, 3.8) is 0 Å². The summed E-state index contributed by atoms with van der Waals surface area (Å²) in [7, 11) is 0. The van der Waals surface area contributed by atoms with Crippen molar-refractivity contribution in [2.45, 2.75) is 47.0 Å². The predicted molar refractivity (Wildman–Crippen MR) is 101 cm³/mol. The van der Waals surface area contributed by atoms with Crippen LogP contribution in [0.1, 0.15) is 32.6 Å². The van der Waals surface area contributed by atoms with Gasteiger partial charge >= 0.3 is 0 Å². The minimum Gasteiger partial charge on any atom is -0.389 e. The molecule has 0 bridgehead atoms. The Balaban J connectivity index is 3.33. The van der Waals surface area contributed by atoms with Crippen LogP contribution < -0.4 is 0 Å². The van der Waals surface area contributed by atoms with E-state index in [0.29, 0.717) is 25.7 Å². The zero-order valence-electron chi connectivity index (χ0n) is 13.2. The van der Waals surface area contributed by atoms with Crippen LogP contribution in [0.4, 0.5) is 0 Å². The summed E-state index contributed by atoms with van der Waals surface area (Å²) >= 11 is 7.37. The highest BCUT2D eigenvalue weighted by molar-refractivity contribution is 9.25. The number of halogens is 2. The maximum absolute atomic E-state index is 11.3. The molecule has 2 atom stereocenters. The second-order valence-corrected chi connectivity index (χ2v) is 9.93. The number of hydrogen-bond acceptors (Lipinski definition) is 2. The monoisotopic (exact) mass is 432 g/mol. The molecule has 1 aliphatic carbocycles. The minimum absolute atomic E-state index is 0.214. The van der Waals surface area contributed by atoms with Gasteiger partial charge < -0.3 is 10.2 Å². The van der Waals surface area contributed by atoms with Crippen molar-refractivity contribution in [2.24, 2.45) is 11.3 Å². The molecule has 0 heterocycles.